The largest absolute Gasteiger partial charge is 0.489 e. The molecule has 54 heavy (non-hydrogen) atoms. The summed E-state index contributed by atoms with van der Waals surface area (Å²) in [5, 5.41) is 17.4. The summed E-state index contributed by atoms with van der Waals surface area (Å²) in [6, 6.07) is 10.7. The van der Waals surface area contributed by atoms with Gasteiger partial charge in [-0.05, 0) is 48.4 Å². The number of likely N-dealkylation sites (tertiary alicyclic amines) is 1. The van der Waals surface area contributed by atoms with E-state index in [2.05, 4.69) is 15.1 Å². The summed E-state index contributed by atoms with van der Waals surface area (Å²) < 4.78 is 22.0. The van der Waals surface area contributed by atoms with E-state index < -0.39 is 64.4 Å². The van der Waals surface area contributed by atoms with Gasteiger partial charge in [0.2, 0.25) is 5.91 Å². The average molecular weight is 757 g/mol. The Morgan fingerprint density at radius 1 is 0.981 bits per heavy atom. The molecule has 0 spiro atoms. The molecule has 1 unspecified atom stereocenters. The Bertz CT molecular complexity index is 2130. The van der Waals surface area contributed by atoms with Gasteiger partial charge in [0.25, 0.3) is 23.6 Å². The molecule has 1 aromatic heterocycles. The first-order valence-electron chi connectivity index (χ1n) is 17.6. The van der Waals surface area contributed by atoms with Gasteiger partial charge in [-0.25, -0.2) is 4.39 Å². The van der Waals surface area contributed by atoms with Crippen molar-refractivity contribution in [1.29, 1.82) is 5.26 Å². The number of nitrogens with zero attached hydrogens (tertiary/aromatic N) is 7. The van der Waals surface area contributed by atoms with E-state index in [4.69, 9.17) is 22.1 Å². The number of piperidine rings is 1. The Morgan fingerprint density at radius 2 is 1.69 bits per heavy atom. The fourth-order valence-electron chi connectivity index (χ4n) is 8.96. The lowest BCUT2D eigenvalue weighted by atomic mass is 9.48. The van der Waals surface area contributed by atoms with Crippen molar-refractivity contribution in [3.05, 3.63) is 81.3 Å². The third-order valence-electron chi connectivity index (χ3n) is 11.1. The maximum atomic E-state index is 15.7. The van der Waals surface area contributed by atoms with Crippen molar-refractivity contribution in [2.75, 3.05) is 31.1 Å². The molecule has 0 radical (unpaired) electrons. The number of rotatable bonds is 8. The number of hydrogen-bond donors (Lipinski definition) is 1. The van der Waals surface area contributed by atoms with Crippen LogP contribution in [-0.2, 0) is 16.1 Å². The monoisotopic (exact) mass is 756 g/mol. The van der Waals surface area contributed by atoms with Crippen LogP contribution in [0.4, 0.5) is 10.2 Å². The second-order valence-electron chi connectivity index (χ2n) is 15.3. The number of carbonyl (C=O) groups excluding carboxylic acids is 5. The van der Waals surface area contributed by atoms with Gasteiger partial charge in [0.05, 0.1) is 27.8 Å². The standard InChI is InChI=1S/C38H38ClFN8O6/c1-37(2)35(38(3,4)36(37)54-22-6-5-21(18-41)24(39)17-22)48-29(49)10-8-27(33(48)52)47-32(51)23-15-20(16-25(40)30(23)34(47)53)19-45-11-13-46(14-12-45)28-9-7-26(31(42)50)43-44-28/h5-7,9,15-17,27,35-36H,8,10-14,19H2,1-4H3,(H2,42,50). The summed E-state index contributed by atoms with van der Waals surface area (Å²) >= 11 is 6.24. The van der Waals surface area contributed by atoms with E-state index in [9.17, 15) is 29.2 Å². The zero-order chi connectivity index (χ0) is 38.9. The molecule has 3 aliphatic heterocycles. The number of nitriles is 1. The molecular weight excluding hydrogens is 719 g/mol. The smallest absolute Gasteiger partial charge is 0.269 e. The number of primary amides is 1. The third-order valence-corrected chi connectivity index (χ3v) is 11.4. The van der Waals surface area contributed by atoms with Gasteiger partial charge in [-0.2, -0.15) is 5.26 Å². The van der Waals surface area contributed by atoms with E-state index in [0.29, 0.717) is 55.4 Å². The van der Waals surface area contributed by atoms with Crippen molar-refractivity contribution in [3.8, 4) is 11.8 Å². The molecule has 4 aliphatic rings. The van der Waals surface area contributed by atoms with E-state index in [-0.39, 0.29) is 34.7 Å². The predicted octanol–water partition coefficient (Wildman–Crippen LogP) is 3.56. The lowest BCUT2D eigenvalue weighted by Crippen LogP contribution is -2.77. The number of anilines is 1. The second-order valence-corrected chi connectivity index (χ2v) is 15.7. The Morgan fingerprint density at radius 3 is 2.30 bits per heavy atom. The topological polar surface area (TPSA) is 183 Å². The van der Waals surface area contributed by atoms with Crippen molar-refractivity contribution >= 4 is 47.0 Å². The van der Waals surface area contributed by atoms with E-state index in [1.54, 1.807) is 24.3 Å². The minimum atomic E-state index is -1.30. The Kier molecular flexibility index (Phi) is 9.18. The highest BCUT2D eigenvalue weighted by atomic mass is 35.5. The minimum Gasteiger partial charge on any atom is -0.489 e. The number of piperazine rings is 1. The van der Waals surface area contributed by atoms with Crippen LogP contribution < -0.4 is 15.4 Å². The summed E-state index contributed by atoms with van der Waals surface area (Å²) in [5.41, 5.74) is 4.07. The van der Waals surface area contributed by atoms with E-state index in [1.165, 1.54) is 23.1 Å². The molecule has 1 saturated carbocycles. The van der Waals surface area contributed by atoms with Crippen LogP contribution in [0, 0.1) is 28.0 Å². The highest BCUT2D eigenvalue weighted by Gasteiger charge is 2.68. The number of aromatic nitrogens is 2. The van der Waals surface area contributed by atoms with Crippen LogP contribution in [0.5, 0.6) is 5.75 Å². The molecule has 3 fully saturated rings. The number of fused-ring (bicyclic) bond motifs is 1. The summed E-state index contributed by atoms with van der Waals surface area (Å²) in [5.74, 6) is -3.31. The van der Waals surface area contributed by atoms with Gasteiger partial charge in [-0.1, -0.05) is 39.3 Å². The molecule has 0 bridgehead atoms. The number of hydrogen-bond acceptors (Lipinski definition) is 11. The van der Waals surface area contributed by atoms with Crippen molar-refractivity contribution in [2.45, 2.75) is 65.3 Å². The molecule has 2 N–H and O–H groups in total. The summed E-state index contributed by atoms with van der Waals surface area (Å²) in [7, 11) is 0. The van der Waals surface area contributed by atoms with Gasteiger partial charge < -0.3 is 15.4 Å². The molecule has 1 atom stereocenters. The first kappa shape index (κ1) is 36.9. The average Bonchev–Trinajstić information content (AvgIpc) is 3.38. The fourth-order valence-corrected chi connectivity index (χ4v) is 9.17. The molecule has 7 rings (SSSR count). The van der Waals surface area contributed by atoms with Crippen LogP contribution in [0.15, 0.2) is 42.5 Å². The molecule has 4 heterocycles. The number of nitrogens with two attached hydrogens (primary N) is 1. The normalized spacial score (nSPS) is 23.6. The van der Waals surface area contributed by atoms with Crippen LogP contribution in [0.3, 0.4) is 0 Å². The van der Waals surface area contributed by atoms with Crippen LogP contribution in [-0.4, -0.2) is 98.8 Å². The molecule has 3 aromatic rings. The van der Waals surface area contributed by atoms with Gasteiger partial charge in [0, 0.05) is 56.0 Å². The molecule has 14 nitrogen and oxygen atoms in total. The molecule has 280 valence electrons. The van der Waals surface area contributed by atoms with Crippen LogP contribution in [0.25, 0.3) is 0 Å². The molecule has 2 saturated heterocycles. The van der Waals surface area contributed by atoms with Gasteiger partial charge in [-0.3, -0.25) is 38.7 Å². The number of carbonyl (C=O) groups is 5. The minimum absolute atomic E-state index is 0.0690. The maximum Gasteiger partial charge on any atom is 0.269 e. The Balaban J connectivity index is 1.05. The van der Waals surface area contributed by atoms with Crippen LogP contribution in [0.1, 0.15) is 82.9 Å². The number of amides is 5. The SMILES string of the molecule is CC1(C)C(Oc2ccc(C#N)c(Cl)c2)C(C)(C)C1N1C(=O)CCC(N2C(=O)c3cc(CN4CCN(c5ccc(C(N)=O)nn5)CC4)cc(F)c3C2=O)C1=O. The molecule has 16 heteroatoms. The Labute approximate surface area is 315 Å². The van der Waals surface area contributed by atoms with Gasteiger partial charge in [0.15, 0.2) is 11.5 Å². The summed E-state index contributed by atoms with van der Waals surface area (Å²) in [4.78, 5) is 72.8. The van der Waals surface area contributed by atoms with Crippen molar-refractivity contribution in [2.24, 2.45) is 16.6 Å². The van der Waals surface area contributed by atoms with E-state index in [1.807, 2.05) is 38.7 Å². The quantitative estimate of drug-likeness (QED) is 0.332. The van der Waals surface area contributed by atoms with Gasteiger partial charge in [0.1, 0.15) is 29.8 Å². The highest BCUT2D eigenvalue weighted by Crippen LogP contribution is 2.58. The first-order chi connectivity index (χ1) is 25.5. The number of ether oxygens (including phenoxy) is 1. The van der Waals surface area contributed by atoms with Gasteiger partial charge >= 0.3 is 0 Å². The van der Waals surface area contributed by atoms with Gasteiger partial charge in [-0.15, -0.1) is 10.2 Å². The maximum absolute atomic E-state index is 15.7. The van der Waals surface area contributed by atoms with E-state index in [0.717, 1.165) is 4.90 Å². The van der Waals surface area contributed by atoms with Crippen molar-refractivity contribution in [3.63, 3.8) is 0 Å². The zero-order valence-electron chi connectivity index (χ0n) is 30.1. The number of halogens is 2. The predicted molar refractivity (Wildman–Crippen MR) is 192 cm³/mol. The van der Waals surface area contributed by atoms with Crippen molar-refractivity contribution in [1.82, 2.24) is 24.9 Å². The first-order valence-corrected chi connectivity index (χ1v) is 18.0. The highest BCUT2D eigenvalue weighted by molar-refractivity contribution is 6.31. The third kappa shape index (κ3) is 6.03. The molecule has 1 aliphatic carbocycles. The number of imide groups is 2. The summed E-state index contributed by atoms with van der Waals surface area (Å²) in [6.07, 6.45) is -0.659. The summed E-state index contributed by atoms with van der Waals surface area (Å²) in [6.45, 7) is 10.1. The molecule has 5 amide bonds. The van der Waals surface area contributed by atoms with Crippen LogP contribution >= 0.6 is 11.6 Å². The molecule has 2 aromatic carbocycles. The molecular formula is C38H38ClFN8O6. The van der Waals surface area contributed by atoms with Crippen LogP contribution in [0.2, 0.25) is 5.02 Å². The Hall–Kier alpha value is -5.46. The fraction of sp³-hybridized carbons (Fsp3) is 0.421. The zero-order valence-corrected chi connectivity index (χ0v) is 30.9. The number of benzene rings is 2. The second kappa shape index (κ2) is 13.4. The van der Waals surface area contributed by atoms with E-state index >= 15 is 4.39 Å². The van der Waals surface area contributed by atoms with Crippen molar-refractivity contribution < 1.29 is 33.1 Å². The lowest BCUT2D eigenvalue weighted by molar-refractivity contribution is -0.216. The lowest BCUT2D eigenvalue weighted by Gasteiger charge is -2.65.